The lowest BCUT2D eigenvalue weighted by Crippen LogP contribution is -2.52. The maximum atomic E-state index is 6.08. The van der Waals surface area contributed by atoms with Gasteiger partial charge in [0.15, 0.2) is 0 Å². The zero-order chi connectivity index (χ0) is 14.3. The second-order valence-electron chi connectivity index (χ2n) is 6.60. The van der Waals surface area contributed by atoms with Gasteiger partial charge in [-0.3, -0.25) is 0 Å². The molecule has 0 aromatic carbocycles. The van der Waals surface area contributed by atoms with Crippen LogP contribution in [-0.4, -0.2) is 25.3 Å². The summed E-state index contributed by atoms with van der Waals surface area (Å²) >= 11 is 0. The summed E-state index contributed by atoms with van der Waals surface area (Å²) in [6, 6.07) is 0.452. The molecular weight excluding hydrogens is 246 g/mol. The number of ether oxygens (including phenoxy) is 1. The molecule has 0 radical (unpaired) electrons. The summed E-state index contributed by atoms with van der Waals surface area (Å²) in [4.78, 5) is 0. The standard InChI is InChI=1S/C18H33NO/c1-3-15-19-17(18(20-2)13-9-10-14-18)16-11-7-5-4-6-8-12-16/h11,17,19H,3-10,12-15H2,1-2H3. The minimum absolute atomic E-state index is 0.0696. The van der Waals surface area contributed by atoms with E-state index in [0.717, 1.165) is 6.54 Å². The number of hydrogen-bond acceptors (Lipinski definition) is 2. The van der Waals surface area contributed by atoms with Gasteiger partial charge < -0.3 is 10.1 Å². The Morgan fingerprint density at radius 3 is 2.60 bits per heavy atom. The molecule has 1 atom stereocenters. The van der Waals surface area contributed by atoms with Crippen molar-refractivity contribution in [3.63, 3.8) is 0 Å². The molecule has 2 heteroatoms. The smallest absolute Gasteiger partial charge is 0.0869 e. The van der Waals surface area contributed by atoms with Crippen molar-refractivity contribution in [2.45, 2.75) is 89.2 Å². The van der Waals surface area contributed by atoms with E-state index >= 15 is 0 Å². The van der Waals surface area contributed by atoms with Crippen molar-refractivity contribution in [1.29, 1.82) is 0 Å². The van der Waals surface area contributed by atoms with Crippen LogP contribution in [0.15, 0.2) is 11.6 Å². The Hall–Kier alpha value is -0.340. The Bertz CT molecular complexity index is 305. The van der Waals surface area contributed by atoms with Crippen molar-refractivity contribution in [2.75, 3.05) is 13.7 Å². The van der Waals surface area contributed by atoms with Gasteiger partial charge in [-0.25, -0.2) is 0 Å². The van der Waals surface area contributed by atoms with Crippen LogP contribution in [0, 0.1) is 0 Å². The predicted molar refractivity (Wildman–Crippen MR) is 86.1 cm³/mol. The lowest BCUT2D eigenvalue weighted by Gasteiger charge is -2.39. The molecule has 0 amide bonds. The molecule has 1 N–H and O–H groups in total. The largest absolute Gasteiger partial charge is 0.376 e. The van der Waals surface area contributed by atoms with Crippen LogP contribution in [0.1, 0.15) is 77.6 Å². The third-order valence-electron chi connectivity index (χ3n) is 5.18. The van der Waals surface area contributed by atoms with Gasteiger partial charge in [0.25, 0.3) is 0 Å². The van der Waals surface area contributed by atoms with Crippen molar-refractivity contribution in [3.8, 4) is 0 Å². The van der Waals surface area contributed by atoms with Crippen LogP contribution in [-0.2, 0) is 4.74 Å². The molecule has 2 rings (SSSR count). The summed E-state index contributed by atoms with van der Waals surface area (Å²) in [5.41, 5.74) is 1.71. The maximum absolute atomic E-state index is 6.08. The fourth-order valence-electron chi connectivity index (χ4n) is 4.01. The molecule has 1 fully saturated rings. The molecule has 0 aromatic heterocycles. The molecule has 116 valence electrons. The van der Waals surface area contributed by atoms with Crippen molar-refractivity contribution in [2.24, 2.45) is 0 Å². The van der Waals surface area contributed by atoms with Gasteiger partial charge in [0.2, 0.25) is 0 Å². The molecule has 2 aliphatic carbocycles. The van der Waals surface area contributed by atoms with Crippen LogP contribution < -0.4 is 5.32 Å². The number of nitrogens with one attached hydrogen (secondary N) is 1. The Morgan fingerprint density at radius 2 is 1.90 bits per heavy atom. The second kappa shape index (κ2) is 8.19. The minimum Gasteiger partial charge on any atom is -0.376 e. The van der Waals surface area contributed by atoms with Crippen molar-refractivity contribution >= 4 is 0 Å². The van der Waals surface area contributed by atoms with Crippen molar-refractivity contribution < 1.29 is 4.74 Å². The fraction of sp³-hybridized carbons (Fsp3) is 0.889. The molecular formula is C18H33NO. The van der Waals surface area contributed by atoms with E-state index in [4.69, 9.17) is 4.74 Å². The molecule has 0 bridgehead atoms. The van der Waals surface area contributed by atoms with Crippen molar-refractivity contribution in [1.82, 2.24) is 5.32 Å². The predicted octanol–water partition coefficient (Wildman–Crippen LogP) is 4.59. The Morgan fingerprint density at radius 1 is 1.15 bits per heavy atom. The van der Waals surface area contributed by atoms with Crippen LogP contribution in [0.2, 0.25) is 0 Å². The van der Waals surface area contributed by atoms with E-state index in [2.05, 4.69) is 18.3 Å². The van der Waals surface area contributed by atoms with Crippen LogP contribution in [0.3, 0.4) is 0 Å². The zero-order valence-electron chi connectivity index (χ0n) is 13.5. The number of methoxy groups -OCH3 is 1. The highest BCUT2D eigenvalue weighted by molar-refractivity contribution is 5.19. The molecule has 2 nitrogen and oxygen atoms in total. The van der Waals surface area contributed by atoms with Crippen LogP contribution in [0.25, 0.3) is 0 Å². The van der Waals surface area contributed by atoms with Gasteiger partial charge >= 0.3 is 0 Å². The molecule has 2 aliphatic rings. The third-order valence-corrected chi connectivity index (χ3v) is 5.18. The van der Waals surface area contributed by atoms with Crippen LogP contribution in [0.5, 0.6) is 0 Å². The molecule has 0 spiro atoms. The summed E-state index contributed by atoms with van der Waals surface area (Å²) in [5, 5.41) is 3.83. The number of allylic oxidation sites excluding steroid dienone is 1. The Balaban J connectivity index is 2.16. The number of rotatable bonds is 6. The van der Waals surface area contributed by atoms with Gasteiger partial charge in [-0.2, -0.15) is 0 Å². The van der Waals surface area contributed by atoms with Gasteiger partial charge in [-0.05, 0) is 51.5 Å². The highest BCUT2D eigenvalue weighted by atomic mass is 16.5. The normalized spacial score (nSPS) is 24.8. The monoisotopic (exact) mass is 279 g/mol. The first kappa shape index (κ1) is 16.0. The molecule has 1 unspecified atom stereocenters. The lowest BCUT2D eigenvalue weighted by atomic mass is 9.82. The Labute approximate surface area is 125 Å². The molecule has 0 heterocycles. The SMILES string of the molecule is CCCNC(C1=CCCCCCC1)C1(OC)CCCC1. The van der Waals surface area contributed by atoms with Crippen LogP contribution >= 0.6 is 0 Å². The maximum Gasteiger partial charge on any atom is 0.0869 e. The first-order valence-electron chi connectivity index (χ1n) is 8.80. The van der Waals surface area contributed by atoms with Crippen molar-refractivity contribution in [3.05, 3.63) is 11.6 Å². The molecule has 1 saturated carbocycles. The van der Waals surface area contributed by atoms with E-state index in [-0.39, 0.29) is 5.60 Å². The lowest BCUT2D eigenvalue weighted by molar-refractivity contribution is -0.0268. The van der Waals surface area contributed by atoms with E-state index in [0.29, 0.717) is 6.04 Å². The van der Waals surface area contributed by atoms with Gasteiger partial charge in [0, 0.05) is 7.11 Å². The summed E-state index contributed by atoms with van der Waals surface area (Å²) in [5.74, 6) is 0. The average molecular weight is 279 g/mol. The van der Waals surface area contributed by atoms with E-state index < -0.39 is 0 Å². The van der Waals surface area contributed by atoms with Gasteiger partial charge in [0.1, 0.15) is 0 Å². The quantitative estimate of drug-likeness (QED) is 0.718. The summed E-state index contributed by atoms with van der Waals surface area (Å²) < 4.78 is 6.08. The van der Waals surface area contributed by atoms with E-state index in [1.165, 1.54) is 70.6 Å². The fourth-order valence-corrected chi connectivity index (χ4v) is 4.01. The Kier molecular flexibility index (Phi) is 6.57. The average Bonchev–Trinajstić information content (AvgIpc) is 2.91. The van der Waals surface area contributed by atoms with Gasteiger partial charge in [-0.15, -0.1) is 0 Å². The van der Waals surface area contributed by atoms with E-state index in [9.17, 15) is 0 Å². The van der Waals surface area contributed by atoms with E-state index in [1.54, 1.807) is 5.57 Å². The zero-order valence-corrected chi connectivity index (χ0v) is 13.5. The highest BCUT2D eigenvalue weighted by Gasteiger charge is 2.42. The summed E-state index contributed by atoms with van der Waals surface area (Å²) in [7, 11) is 1.93. The molecule has 0 aliphatic heterocycles. The van der Waals surface area contributed by atoms with E-state index in [1.807, 2.05) is 7.11 Å². The van der Waals surface area contributed by atoms with Gasteiger partial charge in [-0.1, -0.05) is 44.3 Å². The first-order chi connectivity index (χ1) is 9.82. The summed E-state index contributed by atoms with van der Waals surface area (Å²) in [6.45, 7) is 3.36. The molecule has 0 saturated heterocycles. The summed E-state index contributed by atoms with van der Waals surface area (Å²) in [6.07, 6.45) is 16.9. The first-order valence-corrected chi connectivity index (χ1v) is 8.80. The highest BCUT2D eigenvalue weighted by Crippen LogP contribution is 2.39. The molecule has 0 aromatic rings. The second-order valence-corrected chi connectivity index (χ2v) is 6.60. The minimum atomic E-state index is 0.0696. The van der Waals surface area contributed by atoms with Gasteiger partial charge in [0.05, 0.1) is 11.6 Å². The molecule has 20 heavy (non-hydrogen) atoms. The third kappa shape index (κ3) is 3.85. The van der Waals surface area contributed by atoms with Crippen LogP contribution in [0.4, 0.5) is 0 Å². The topological polar surface area (TPSA) is 21.3 Å². The number of hydrogen-bond donors (Lipinski definition) is 1.